The van der Waals surface area contributed by atoms with Gasteiger partial charge in [-0.1, -0.05) is 0 Å². The Labute approximate surface area is 103 Å². The third-order valence-corrected chi connectivity index (χ3v) is 2.37. The van der Waals surface area contributed by atoms with Crippen molar-refractivity contribution in [1.29, 1.82) is 5.26 Å². The third-order valence-electron chi connectivity index (χ3n) is 2.37. The van der Waals surface area contributed by atoms with Crippen LogP contribution in [0.1, 0.15) is 24.4 Å². The summed E-state index contributed by atoms with van der Waals surface area (Å²) in [7, 11) is 0. The maximum absolute atomic E-state index is 10.4. The van der Waals surface area contributed by atoms with Gasteiger partial charge < -0.3 is 5.32 Å². The lowest BCUT2D eigenvalue weighted by Gasteiger charge is -2.10. The fourth-order valence-corrected chi connectivity index (χ4v) is 1.48. The molecule has 1 N–H and O–H groups in total. The van der Waals surface area contributed by atoms with Crippen LogP contribution in [0, 0.1) is 11.3 Å². The molecular formula is C11H10N6O. The topological polar surface area (TPSA) is 96.5 Å². The van der Waals surface area contributed by atoms with E-state index in [0.29, 0.717) is 23.6 Å². The fourth-order valence-electron chi connectivity index (χ4n) is 1.48. The van der Waals surface area contributed by atoms with Crippen LogP contribution in [0.4, 0.5) is 0 Å². The van der Waals surface area contributed by atoms with E-state index in [9.17, 15) is 4.79 Å². The molecular weight excluding hydrogens is 232 g/mol. The summed E-state index contributed by atoms with van der Waals surface area (Å²) < 4.78 is 1.52. The summed E-state index contributed by atoms with van der Waals surface area (Å²) in [6.07, 6.45) is 3.45. The van der Waals surface area contributed by atoms with Gasteiger partial charge in [0.05, 0.1) is 11.6 Å². The first kappa shape index (κ1) is 11.7. The Kier molecular flexibility index (Phi) is 3.29. The maximum atomic E-state index is 10.4. The molecule has 0 fully saturated rings. The first-order valence-corrected chi connectivity index (χ1v) is 5.22. The van der Waals surface area contributed by atoms with E-state index in [1.807, 2.05) is 6.07 Å². The van der Waals surface area contributed by atoms with Crippen molar-refractivity contribution in [2.75, 3.05) is 0 Å². The van der Waals surface area contributed by atoms with Crippen molar-refractivity contribution in [3.05, 3.63) is 36.0 Å². The van der Waals surface area contributed by atoms with Crippen LogP contribution in [0.2, 0.25) is 0 Å². The van der Waals surface area contributed by atoms with Crippen molar-refractivity contribution in [2.24, 2.45) is 0 Å². The molecule has 18 heavy (non-hydrogen) atoms. The molecule has 1 unspecified atom stereocenters. The molecule has 0 aliphatic rings. The lowest BCUT2D eigenvalue weighted by Crippen LogP contribution is -2.20. The second-order valence-corrected chi connectivity index (χ2v) is 3.55. The van der Waals surface area contributed by atoms with Gasteiger partial charge in [0.1, 0.15) is 12.4 Å². The van der Waals surface area contributed by atoms with Crippen molar-refractivity contribution in [1.82, 2.24) is 25.1 Å². The van der Waals surface area contributed by atoms with Gasteiger partial charge in [0.2, 0.25) is 6.41 Å². The first-order chi connectivity index (χ1) is 8.76. The average molecular weight is 242 g/mol. The van der Waals surface area contributed by atoms with Gasteiger partial charge in [-0.3, -0.25) is 4.79 Å². The number of aromatic nitrogens is 4. The number of amides is 1. The van der Waals surface area contributed by atoms with E-state index in [-0.39, 0.29) is 6.04 Å². The number of nitrogens with one attached hydrogen (secondary N) is 1. The number of carbonyl (C=O) groups excluding carboxylic acids is 1. The van der Waals surface area contributed by atoms with Gasteiger partial charge in [0.15, 0.2) is 11.6 Å². The maximum Gasteiger partial charge on any atom is 0.207 e. The van der Waals surface area contributed by atoms with Crippen LogP contribution < -0.4 is 5.32 Å². The lowest BCUT2D eigenvalue weighted by molar-refractivity contribution is -0.110. The molecule has 2 rings (SSSR count). The van der Waals surface area contributed by atoms with Crippen LogP contribution in [0.5, 0.6) is 0 Å². The summed E-state index contributed by atoms with van der Waals surface area (Å²) in [6, 6.07) is 5.03. The molecule has 2 aromatic heterocycles. The monoisotopic (exact) mass is 242 g/mol. The summed E-state index contributed by atoms with van der Waals surface area (Å²) in [5.74, 6) is 1.11. The highest BCUT2D eigenvalue weighted by atomic mass is 16.1. The van der Waals surface area contributed by atoms with Gasteiger partial charge in [0.25, 0.3) is 0 Å². The highest BCUT2D eigenvalue weighted by molar-refractivity contribution is 5.47. The number of pyridine rings is 1. The number of hydrogen-bond donors (Lipinski definition) is 1. The van der Waals surface area contributed by atoms with Gasteiger partial charge in [-0.15, -0.1) is 0 Å². The van der Waals surface area contributed by atoms with Crippen LogP contribution >= 0.6 is 0 Å². The minimum absolute atomic E-state index is 0.276. The first-order valence-electron chi connectivity index (χ1n) is 5.22. The molecule has 0 saturated heterocycles. The number of carbonyl (C=O) groups is 1. The Morgan fingerprint density at radius 2 is 2.33 bits per heavy atom. The van der Waals surface area contributed by atoms with E-state index in [0.717, 1.165) is 0 Å². The van der Waals surface area contributed by atoms with E-state index in [2.05, 4.69) is 20.4 Å². The van der Waals surface area contributed by atoms with Crippen LogP contribution in [0.25, 0.3) is 5.82 Å². The van der Waals surface area contributed by atoms with Gasteiger partial charge in [-0.2, -0.15) is 15.0 Å². The number of nitriles is 1. The normalized spacial score (nSPS) is 11.6. The van der Waals surface area contributed by atoms with E-state index in [1.165, 1.54) is 17.2 Å². The van der Waals surface area contributed by atoms with Crippen LogP contribution in [-0.2, 0) is 4.79 Å². The molecule has 0 aromatic carbocycles. The summed E-state index contributed by atoms with van der Waals surface area (Å²) in [5, 5.41) is 15.3. The predicted molar refractivity (Wildman–Crippen MR) is 61.5 cm³/mol. The zero-order chi connectivity index (χ0) is 13.0. The standard InChI is InChI=1S/C11H10N6O/c1-8(15-7-18)11-14-6-16-17(11)10-3-2-9(4-12)5-13-10/h2-3,5-8H,1H3,(H,15,18). The zero-order valence-electron chi connectivity index (χ0n) is 9.61. The van der Waals surface area contributed by atoms with Crippen molar-refractivity contribution in [2.45, 2.75) is 13.0 Å². The Morgan fingerprint density at radius 3 is 2.94 bits per heavy atom. The van der Waals surface area contributed by atoms with E-state index < -0.39 is 0 Å². The molecule has 0 aliphatic heterocycles. The Balaban J connectivity index is 2.36. The molecule has 0 bridgehead atoms. The number of rotatable bonds is 4. The van der Waals surface area contributed by atoms with Crippen LogP contribution in [-0.4, -0.2) is 26.2 Å². The summed E-state index contributed by atoms with van der Waals surface area (Å²) in [4.78, 5) is 18.6. The van der Waals surface area contributed by atoms with E-state index >= 15 is 0 Å². The molecule has 2 aromatic rings. The van der Waals surface area contributed by atoms with Crippen molar-refractivity contribution < 1.29 is 4.79 Å². The highest BCUT2D eigenvalue weighted by Crippen LogP contribution is 2.12. The van der Waals surface area contributed by atoms with Gasteiger partial charge in [0, 0.05) is 6.20 Å². The lowest BCUT2D eigenvalue weighted by atomic mass is 10.3. The Bertz CT molecular complexity index is 582. The molecule has 90 valence electrons. The Hall–Kier alpha value is -2.75. The van der Waals surface area contributed by atoms with Crippen molar-refractivity contribution >= 4 is 6.41 Å². The predicted octanol–water partition coefficient (Wildman–Crippen LogP) is 0.341. The summed E-state index contributed by atoms with van der Waals surface area (Å²) in [6.45, 7) is 1.79. The van der Waals surface area contributed by atoms with E-state index in [4.69, 9.17) is 5.26 Å². The quantitative estimate of drug-likeness (QED) is 0.780. The zero-order valence-corrected chi connectivity index (χ0v) is 9.61. The van der Waals surface area contributed by atoms with Crippen LogP contribution in [0.15, 0.2) is 24.7 Å². The van der Waals surface area contributed by atoms with Crippen LogP contribution in [0.3, 0.4) is 0 Å². The molecule has 1 atom stereocenters. The van der Waals surface area contributed by atoms with Gasteiger partial charge in [-0.25, -0.2) is 9.97 Å². The Morgan fingerprint density at radius 1 is 1.50 bits per heavy atom. The molecule has 2 heterocycles. The van der Waals surface area contributed by atoms with Gasteiger partial charge >= 0.3 is 0 Å². The molecule has 7 nitrogen and oxygen atoms in total. The summed E-state index contributed by atoms with van der Waals surface area (Å²) in [5.41, 5.74) is 0.472. The molecule has 1 amide bonds. The highest BCUT2D eigenvalue weighted by Gasteiger charge is 2.14. The van der Waals surface area contributed by atoms with Gasteiger partial charge in [-0.05, 0) is 19.1 Å². The SMILES string of the molecule is CC(NC=O)c1ncnn1-c1ccc(C#N)cn1. The molecule has 0 spiro atoms. The molecule has 0 saturated carbocycles. The van der Waals surface area contributed by atoms with Crippen molar-refractivity contribution in [3.8, 4) is 11.9 Å². The smallest absolute Gasteiger partial charge is 0.207 e. The fraction of sp³-hybridized carbons (Fsp3) is 0.182. The number of nitrogens with zero attached hydrogens (tertiary/aromatic N) is 5. The second-order valence-electron chi connectivity index (χ2n) is 3.55. The third kappa shape index (κ3) is 2.17. The minimum Gasteiger partial charge on any atom is -0.349 e. The summed E-state index contributed by atoms with van der Waals surface area (Å²) >= 11 is 0. The second kappa shape index (κ2) is 5.05. The molecule has 0 radical (unpaired) electrons. The molecule has 0 aliphatic carbocycles. The molecule has 7 heteroatoms. The van der Waals surface area contributed by atoms with E-state index in [1.54, 1.807) is 19.1 Å². The number of hydrogen-bond acceptors (Lipinski definition) is 5. The van der Waals surface area contributed by atoms with Crippen molar-refractivity contribution in [3.63, 3.8) is 0 Å². The minimum atomic E-state index is -0.276. The largest absolute Gasteiger partial charge is 0.349 e. The average Bonchev–Trinajstić information content (AvgIpc) is 2.88.